The molecule has 2 atom stereocenters. The number of rotatable bonds is 11. The van der Waals surface area contributed by atoms with Crippen LogP contribution in [0.4, 0.5) is 4.39 Å². The van der Waals surface area contributed by atoms with Gasteiger partial charge in [-0.1, -0.05) is 30.1 Å². The van der Waals surface area contributed by atoms with Gasteiger partial charge in [-0.05, 0) is 129 Å². The standard InChI is InChI=1S/C32H40Cl2FN3O3S/c1-2-30(23-12-25(33)15-26(34)13-23)37-10-6-32(7-11-37)17-21(18-32)19-41-20-24-14-29(35)28(16-27(24)22-4-5-22)31(39)36-42(40)38-8-3-9-38/h12-16,21-22,30H,2-11,17-20H2,1H3,(H,36,39). The number of hydrogen-bond acceptors (Lipinski definition) is 5. The van der Waals surface area contributed by atoms with Crippen LogP contribution in [0.5, 0.6) is 0 Å². The van der Waals surface area contributed by atoms with Crippen molar-refractivity contribution in [3.8, 4) is 0 Å². The minimum Gasteiger partial charge on any atom is -0.573 e. The van der Waals surface area contributed by atoms with E-state index in [4.69, 9.17) is 27.9 Å². The first-order valence-corrected chi connectivity index (χ1v) is 17.2. The summed E-state index contributed by atoms with van der Waals surface area (Å²) < 4.78 is 37.5. The van der Waals surface area contributed by atoms with Crippen LogP contribution in [-0.2, 0) is 22.9 Å². The van der Waals surface area contributed by atoms with Crippen LogP contribution in [0, 0.1) is 17.2 Å². The number of ether oxygens (including phenoxy) is 1. The predicted molar refractivity (Wildman–Crippen MR) is 165 cm³/mol. The molecule has 2 aromatic rings. The maximum atomic E-state index is 15.0. The molecular weight excluding hydrogens is 596 g/mol. The number of halogens is 3. The van der Waals surface area contributed by atoms with Gasteiger partial charge in [0.25, 0.3) is 5.91 Å². The Morgan fingerprint density at radius 1 is 1.12 bits per heavy atom. The zero-order chi connectivity index (χ0) is 29.4. The van der Waals surface area contributed by atoms with Crippen molar-refractivity contribution in [2.24, 2.45) is 11.3 Å². The lowest BCUT2D eigenvalue weighted by Gasteiger charge is -2.53. The minimum absolute atomic E-state index is 0.0365. The molecular formula is C32H40Cl2FN3O3S. The smallest absolute Gasteiger partial charge is 0.296 e. The Bertz CT molecular complexity index is 1270. The molecule has 1 spiro atoms. The van der Waals surface area contributed by atoms with Crippen LogP contribution in [0.3, 0.4) is 0 Å². The van der Waals surface area contributed by atoms with Crippen molar-refractivity contribution in [1.29, 1.82) is 0 Å². The fourth-order valence-corrected chi connectivity index (χ4v) is 8.70. The zero-order valence-electron chi connectivity index (χ0n) is 24.2. The molecule has 228 valence electrons. The largest absolute Gasteiger partial charge is 0.573 e. The van der Waals surface area contributed by atoms with Gasteiger partial charge in [0.05, 0.1) is 12.2 Å². The van der Waals surface area contributed by atoms with Crippen LogP contribution in [0.1, 0.15) is 97.3 Å². The molecule has 2 heterocycles. The number of benzene rings is 2. The lowest BCUT2D eigenvalue weighted by atomic mass is 9.57. The van der Waals surface area contributed by atoms with Crippen LogP contribution in [0.2, 0.25) is 10.0 Å². The SMILES string of the molecule is CCC(c1cc(Cl)cc(Cl)c1)N1CCC2(CC1)CC(COCc1cc(F)c(C(=O)N[S+]([O-])N3CCC3)cc1C1CC1)C2. The van der Waals surface area contributed by atoms with Crippen molar-refractivity contribution in [2.45, 2.75) is 76.9 Å². The molecule has 1 N–H and O–H groups in total. The summed E-state index contributed by atoms with van der Waals surface area (Å²) in [6.45, 7) is 6.75. The molecule has 1 amide bonds. The summed E-state index contributed by atoms with van der Waals surface area (Å²) in [6, 6.07) is 9.31. The molecule has 6 rings (SSSR count). The third-order valence-corrected chi connectivity index (χ3v) is 11.4. The number of carbonyl (C=O) groups excluding carboxylic acids is 1. The van der Waals surface area contributed by atoms with Crippen molar-refractivity contribution in [3.63, 3.8) is 0 Å². The highest BCUT2D eigenvalue weighted by Gasteiger charge is 2.46. The second-order valence-corrected chi connectivity index (χ2v) is 14.8. The summed E-state index contributed by atoms with van der Waals surface area (Å²) in [7, 11) is 0. The summed E-state index contributed by atoms with van der Waals surface area (Å²) >= 11 is 11.0. The summed E-state index contributed by atoms with van der Waals surface area (Å²) in [6.07, 6.45) is 8.78. The van der Waals surface area contributed by atoms with E-state index in [0.717, 1.165) is 49.9 Å². The predicted octanol–water partition coefficient (Wildman–Crippen LogP) is 7.18. The molecule has 2 saturated heterocycles. The van der Waals surface area contributed by atoms with Gasteiger partial charge in [0, 0.05) is 35.8 Å². The quantitative estimate of drug-likeness (QED) is 0.265. The van der Waals surface area contributed by atoms with E-state index >= 15 is 4.39 Å². The maximum absolute atomic E-state index is 15.0. The summed E-state index contributed by atoms with van der Waals surface area (Å²) in [5.41, 5.74) is 3.38. The average molecular weight is 637 g/mol. The fourth-order valence-electron chi connectivity index (χ4n) is 7.17. The van der Waals surface area contributed by atoms with Gasteiger partial charge < -0.3 is 9.29 Å². The third kappa shape index (κ3) is 6.80. The van der Waals surface area contributed by atoms with Gasteiger partial charge in [-0.2, -0.15) is 0 Å². The van der Waals surface area contributed by atoms with Crippen LogP contribution in [0.15, 0.2) is 30.3 Å². The highest BCUT2D eigenvalue weighted by atomic mass is 35.5. The number of carbonyl (C=O) groups is 1. The molecule has 42 heavy (non-hydrogen) atoms. The first-order chi connectivity index (χ1) is 20.2. The normalized spacial score (nSPS) is 22.4. The highest BCUT2D eigenvalue weighted by Crippen LogP contribution is 2.53. The molecule has 2 aliphatic heterocycles. The summed E-state index contributed by atoms with van der Waals surface area (Å²) in [4.78, 5) is 15.3. The van der Waals surface area contributed by atoms with Crippen LogP contribution in [-0.4, -0.2) is 52.5 Å². The lowest BCUT2D eigenvalue weighted by Crippen LogP contribution is -2.49. The van der Waals surface area contributed by atoms with E-state index < -0.39 is 23.3 Å². The molecule has 0 radical (unpaired) electrons. The molecule has 0 bridgehead atoms. The first kappa shape index (κ1) is 30.6. The second-order valence-electron chi connectivity index (χ2n) is 12.7. The molecule has 2 aliphatic carbocycles. The number of amides is 1. The number of nitrogens with one attached hydrogen (secondary N) is 1. The number of nitrogens with zero attached hydrogens (tertiary/aromatic N) is 2. The van der Waals surface area contributed by atoms with Gasteiger partial charge in [0.2, 0.25) is 0 Å². The third-order valence-electron chi connectivity index (χ3n) is 9.73. The van der Waals surface area contributed by atoms with Crippen molar-refractivity contribution in [1.82, 2.24) is 13.9 Å². The van der Waals surface area contributed by atoms with E-state index in [2.05, 4.69) is 16.5 Å². The summed E-state index contributed by atoms with van der Waals surface area (Å²) in [5.74, 6) is -0.347. The molecule has 0 aromatic heterocycles. The van der Waals surface area contributed by atoms with E-state index in [1.54, 1.807) is 16.4 Å². The Kier molecular flexibility index (Phi) is 9.42. The number of likely N-dealkylation sites (tertiary alicyclic amines) is 1. The van der Waals surface area contributed by atoms with Crippen molar-refractivity contribution < 1.29 is 18.5 Å². The Labute approximate surface area is 261 Å². The first-order valence-electron chi connectivity index (χ1n) is 15.3. The Morgan fingerprint density at radius 2 is 1.81 bits per heavy atom. The molecule has 6 nitrogen and oxygen atoms in total. The number of hydrogen-bond donors (Lipinski definition) is 1. The minimum atomic E-state index is -1.62. The van der Waals surface area contributed by atoms with E-state index in [1.165, 1.54) is 37.3 Å². The highest BCUT2D eigenvalue weighted by molar-refractivity contribution is 7.87. The van der Waals surface area contributed by atoms with Crippen LogP contribution < -0.4 is 4.72 Å². The molecule has 4 aliphatic rings. The van der Waals surface area contributed by atoms with Gasteiger partial charge in [-0.25, -0.2) is 4.39 Å². The van der Waals surface area contributed by atoms with Crippen molar-refractivity contribution in [2.75, 3.05) is 32.8 Å². The van der Waals surface area contributed by atoms with Crippen molar-refractivity contribution >= 4 is 40.7 Å². The Balaban J connectivity index is 0.987. The Hall–Kier alpha value is -1.39. The molecule has 2 unspecified atom stereocenters. The maximum Gasteiger partial charge on any atom is 0.296 e. The van der Waals surface area contributed by atoms with Crippen molar-refractivity contribution in [3.05, 3.63) is 68.4 Å². The van der Waals surface area contributed by atoms with Gasteiger partial charge in [0.15, 0.2) is 11.5 Å². The Morgan fingerprint density at radius 3 is 2.40 bits per heavy atom. The van der Waals surface area contributed by atoms with Gasteiger partial charge in [-0.15, -0.1) is 9.03 Å². The molecule has 4 fully saturated rings. The lowest BCUT2D eigenvalue weighted by molar-refractivity contribution is -0.0594. The average Bonchev–Trinajstić information content (AvgIpc) is 3.73. The molecule has 10 heteroatoms. The van der Waals surface area contributed by atoms with Gasteiger partial charge >= 0.3 is 0 Å². The van der Waals surface area contributed by atoms with E-state index in [9.17, 15) is 9.35 Å². The topological polar surface area (TPSA) is 67.9 Å². The fraction of sp³-hybridized carbons (Fsp3) is 0.594. The zero-order valence-corrected chi connectivity index (χ0v) is 26.5. The van der Waals surface area contributed by atoms with Crippen LogP contribution in [0.25, 0.3) is 0 Å². The van der Waals surface area contributed by atoms with Crippen LogP contribution >= 0.6 is 23.2 Å². The monoisotopic (exact) mass is 635 g/mol. The van der Waals surface area contributed by atoms with E-state index in [-0.39, 0.29) is 5.56 Å². The molecule has 2 saturated carbocycles. The van der Waals surface area contributed by atoms with E-state index in [1.807, 2.05) is 12.1 Å². The van der Waals surface area contributed by atoms with Gasteiger partial charge in [0.1, 0.15) is 5.82 Å². The van der Waals surface area contributed by atoms with Gasteiger partial charge in [-0.3, -0.25) is 9.69 Å². The number of piperidine rings is 1. The molecule has 2 aromatic carbocycles. The van der Waals surface area contributed by atoms with E-state index in [0.29, 0.717) is 59.6 Å². The summed E-state index contributed by atoms with van der Waals surface area (Å²) in [5, 5.41) is 1.38. The second kappa shape index (κ2) is 12.9.